The first-order valence-corrected chi connectivity index (χ1v) is 9.03. The van der Waals surface area contributed by atoms with Crippen LogP contribution in [0, 0.1) is 5.41 Å². The number of nitrogens with one attached hydrogen (secondary N) is 1. The average molecular weight is 345 g/mol. The Hall–Kier alpha value is -2.24. The van der Waals surface area contributed by atoms with Crippen molar-refractivity contribution >= 4 is 11.9 Å². The predicted molar refractivity (Wildman–Crippen MR) is 95.3 cm³/mol. The molecule has 1 aromatic carbocycles. The summed E-state index contributed by atoms with van der Waals surface area (Å²) >= 11 is 0. The van der Waals surface area contributed by atoms with Gasteiger partial charge in [0, 0.05) is 32.7 Å². The van der Waals surface area contributed by atoms with Gasteiger partial charge in [-0.05, 0) is 37.0 Å². The standard InChI is InChI=1S/C19H27N3O3/c1-3-10-20-18(24)21-11-8-19(9-12-21)14-22(17(19)23)13-15-4-6-16(25-2)7-5-15/h4-7H,3,8-14H2,1-2H3,(H,20,24). The minimum absolute atomic E-state index is 0.00133. The van der Waals surface area contributed by atoms with Crippen LogP contribution < -0.4 is 10.1 Å². The van der Waals surface area contributed by atoms with E-state index >= 15 is 0 Å². The molecule has 3 amide bonds. The number of likely N-dealkylation sites (tertiary alicyclic amines) is 2. The summed E-state index contributed by atoms with van der Waals surface area (Å²) in [5.41, 5.74) is 0.869. The van der Waals surface area contributed by atoms with Gasteiger partial charge in [0.25, 0.3) is 0 Å². The first kappa shape index (κ1) is 17.6. The minimum atomic E-state index is -0.242. The van der Waals surface area contributed by atoms with E-state index in [1.165, 1.54) is 0 Å². The Labute approximate surface area is 149 Å². The Morgan fingerprint density at radius 1 is 1.24 bits per heavy atom. The summed E-state index contributed by atoms with van der Waals surface area (Å²) in [5.74, 6) is 1.06. The number of urea groups is 1. The molecule has 0 bridgehead atoms. The van der Waals surface area contributed by atoms with Crippen molar-refractivity contribution in [3.63, 3.8) is 0 Å². The molecule has 1 aromatic rings. The average Bonchev–Trinajstić information content (AvgIpc) is 2.66. The number of hydrogen-bond acceptors (Lipinski definition) is 3. The fourth-order valence-electron chi connectivity index (χ4n) is 3.68. The topological polar surface area (TPSA) is 61.9 Å². The number of piperidine rings is 1. The van der Waals surface area contributed by atoms with Gasteiger partial charge in [0.1, 0.15) is 5.75 Å². The maximum Gasteiger partial charge on any atom is 0.317 e. The van der Waals surface area contributed by atoms with E-state index in [2.05, 4.69) is 5.32 Å². The highest BCUT2D eigenvalue weighted by molar-refractivity contribution is 5.89. The van der Waals surface area contributed by atoms with E-state index in [0.717, 1.165) is 37.1 Å². The molecule has 6 nitrogen and oxygen atoms in total. The van der Waals surface area contributed by atoms with Crippen molar-refractivity contribution in [1.82, 2.24) is 15.1 Å². The SMILES string of the molecule is CCCNC(=O)N1CCC2(CC1)CN(Cc1ccc(OC)cc1)C2=O. The number of carbonyl (C=O) groups excluding carboxylic acids is 2. The summed E-state index contributed by atoms with van der Waals surface area (Å²) < 4.78 is 5.16. The highest BCUT2D eigenvalue weighted by Gasteiger charge is 2.53. The van der Waals surface area contributed by atoms with Crippen LogP contribution in [0.5, 0.6) is 5.75 Å². The number of carbonyl (C=O) groups is 2. The lowest BCUT2D eigenvalue weighted by atomic mass is 9.71. The van der Waals surface area contributed by atoms with Crippen molar-refractivity contribution in [1.29, 1.82) is 0 Å². The highest BCUT2D eigenvalue weighted by atomic mass is 16.5. The summed E-state index contributed by atoms with van der Waals surface area (Å²) in [4.78, 5) is 28.5. The lowest BCUT2D eigenvalue weighted by Crippen LogP contribution is -2.64. The minimum Gasteiger partial charge on any atom is -0.497 e. The smallest absolute Gasteiger partial charge is 0.317 e. The second-order valence-corrected chi connectivity index (χ2v) is 7.01. The molecular formula is C19H27N3O3. The van der Waals surface area contributed by atoms with Gasteiger partial charge in [-0.25, -0.2) is 4.79 Å². The Morgan fingerprint density at radius 3 is 2.48 bits per heavy atom. The number of amides is 3. The fourth-order valence-corrected chi connectivity index (χ4v) is 3.68. The van der Waals surface area contributed by atoms with E-state index in [-0.39, 0.29) is 17.4 Å². The van der Waals surface area contributed by atoms with Crippen molar-refractivity contribution in [2.24, 2.45) is 5.41 Å². The molecule has 2 saturated heterocycles. The molecular weight excluding hydrogens is 318 g/mol. The number of methoxy groups -OCH3 is 1. The molecule has 0 aliphatic carbocycles. The van der Waals surface area contributed by atoms with Gasteiger partial charge in [-0.1, -0.05) is 19.1 Å². The van der Waals surface area contributed by atoms with Crippen molar-refractivity contribution in [3.05, 3.63) is 29.8 Å². The van der Waals surface area contributed by atoms with Crippen LogP contribution in [0.4, 0.5) is 4.79 Å². The fraction of sp³-hybridized carbons (Fsp3) is 0.579. The Kier molecular flexibility index (Phi) is 5.16. The summed E-state index contributed by atoms with van der Waals surface area (Å²) in [5, 5.41) is 2.91. The number of rotatable bonds is 5. The molecule has 0 radical (unpaired) electrons. The summed E-state index contributed by atoms with van der Waals surface area (Å²) in [7, 11) is 1.65. The molecule has 1 N–H and O–H groups in total. The van der Waals surface area contributed by atoms with Gasteiger partial charge >= 0.3 is 6.03 Å². The van der Waals surface area contributed by atoms with Gasteiger partial charge in [-0.2, -0.15) is 0 Å². The summed E-state index contributed by atoms with van der Waals surface area (Å²) in [6.07, 6.45) is 2.47. The van der Waals surface area contributed by atoms with Crippen molar-refractivity contribution < 1.29 is 14.3 Å². The molecule has 0 unspecified atom stereocenters. The second kappa shape index (κ2) is 7.33. The van der Waals surface area contributed by atoms with Crippen LogP contribution in [-0.2, 0) is 11.3 Å². The van der Waals surface area contributed by atoms with E-state index in [1.54, 1.807) is 7.11 Å². The largest absolute Gasteiger partial charge is 0.497 e. The molecule has 2 heterocycles. The zero-order valence-electron chi connectivity index (χ0n) is 15.1. The van der Waals surface area contributed by atoms with E-state index in [0.29, 0.717) is 26.2 Å². The third kappa shape index (κ3) is 3.57. The van der Waals surface area contributed by atoms with E-state index in [9.17, 15) is 9.59 Å². The van der Waals surface area contributed by atoms with Crippen LogP contribution in [0.3, 0.4) is 0 Å². The molecule has 2 aliphatic rings. The third-order valence-corrected chi connectivity index (χ3v) is 5.30. The molecule has 6 heteroatoms. The molecule has 0 saturated carbocycles. The van der Waals surface area contributed by atoms with Gasteiger partial charge in [0.15, 0.2) is 0 Å². The number of benzene rings is 1. The molecule has 25 heavy (non-hydrogen) atoms. The number of β-lactam (4-membered cyclic amide) rings is 1. The Balaban J connectivity index is 1.50. The quantitative estimate of drug-likeness (QED) is 0.833. The number of ether oxygens (including phenoxy) is 1. The van der Waals surface area contributed by atoms with E-state index in [1.807, 2.05) is 41.0 Å². The highest BCUT2D eigenvalue weighted by Crippen LogP contribution is 2.42. The zero-order valence-corrected chi connectivity index (χ0v) is 15.1. The molecule has 0 aromatic heterocycles. The van der Waals surface area contributed by atoms with E-state index < -0.39 is 0 Å². The van der Waals surface area contributed by atoms with Gasteiger partial charge in [-0.15, -0.1) is 0 Å². The Bertz CT molecular complexity index is 621. The molecule has 2 aliphatic heterocycles. The van der Waals surface area contributed by atoms with Gasteiger partial charge < -0.3 is 19.9 Å². The normalized spacial score (nSPS) is 18.9. The molecule has 0 atom stereocenters. The van der Waals surface area contributed by atoms with Crippen molar-refractivity contribution in [3.8, 4) is 5.75 Å². The zero-order chi connectivity index (χ0) is 17.9. The Morgan fingerprint density at radius 2 is 1.92 bits per heavy atom. The second-order valence-electron chi connectivity index (χ2n) is 7.01. The summed E-state index contributed by atoms with van der Waals surface area (Å²) in [6.45, 7) is 5.51. The van der Waals surface area contributed by atoms with Crippen LogP contribution in [-0.4, -0.2) is 55.0 Å². The van der Waals surface area contributed by atoms with Crippen LogP contribution in [0.15, 0.2) is 24.3 Å². The summed E-state index contributed by atoms with van der Waals surface area (Å²) in [6, 6.07) is 7.83. The van der Waals surface area contributed by atoms with Crippen LogP contribution in [0.1, 0.15) is 31.7 Å². The monoisotopic (exact) mass is 345 g/mol. The van der Waals surface area contributed by atoms with Gasteiger partial charge in [0.2, 0.25) is 5.91 Å². The van der Waals surface area contributed by atoms with Crippen molar-refractivity contribution in [2.45, 2.75) is 32.7 Å². The number of hydrogen-bond donors (Lipinski definition) is 1. The lowest BCUT2D eigenvalue weighted by molar-refractivity contribution is -0.165. The predicted octanol–water partition coefficient (Wildman–Crippen LogP) is 2.24. The molecule has 136 valence electrons. The van der Waals surface area contributed by atoms with Crippen LogP contribution >= 0.6 is 0 Å². The maximum atomic E-state index is 12.7. The first-order chi connectivity index (χ1) is 12.1. The number of nitrogens with zero attached hydrogens (tertiary/aromatic N) is 2. The maximum absolute atomic E-state index is 12.7. The van der Waals surface area contributed by atoms with Crippen LogP contribution in [0.25, 0.3) is 0 Å². The van der Waals surface area contributed by atoms with Crippen molar-refractivity contribution in [2.75, 3.05) is 33.3 Å². The first-order valence-electron chi connectivity index (χ1n) is 9.03. The third-order valence-electron chi connectivity index (χ3n) is 5.30. The molecule has 3 rings (SSSR count). The molecule has 2 fully saturated rings. The van der Waals surface area contributed by atoms with E-state index in [4.69, 9.17) is 4.74 Å². The van der Waals surface area contributed by atoms with Gasteiger partial charge in [-0.3, -0.25) is 4.79 Å². The lowest BCUT2D eigenvalue weighted by Gasteiger charge is -2.52. The van der Waals surface area contributed by atoms with Gasteiger partial charge in [0.05, 0.1) is 12.5 Å². The molecule has 1 spiro atoms. The van der Waals surface area contributed by atoms with Crippen LogP contribution in [0.2, 0.25) is 0 Å².